The van der Waals surface area contributed by atoms with E-state index >= 15 is 0 Å². The van der Waals surface area contributed by atoms with Crippen LogP contribution in [0.4, 0.5) is 0 Å². The monoisotopic (exact) mass is 521 g/mol. The van der Waals surface area contributed by atoms with E-state index < -0.39 is 13.3 Å². The highest BCUT2D eigenvalue weighted by atomic mass is 31.1. The molecule has 1 atom stereocenters. The summed E-state index contributed by atoms with van der Waals surface area (Å²) in [5, 5.41) is 0.402. The Morgan fingerprint density at radius 1 is 0.553 bits per heavy atom. The lowest BCUT2D eigenvalue weighted by Gasteiger charge is -2.16. The molecule has 38 heavy (non-hydrogen) atoms. The summed E-state index contributed by atoms with van der Waals surface area (Å²) in [6.45, 7) is 11.0. The molecule has 4 nitrogen and oxygen atoms in total. The van der Waals surface area contributed by atoms with Crippen LogP contribution in [0.15, 0.2) is 72.8 Å². The Morgan fingerprint density at radius 2 is 1.00 bits per heavy atom. The zero-order valence-electron chi connectivity index (χ0n) is 22.5. The number of rotatable bonds is 7. The molecule has 0 aromatic heterocycles. The summed E-state index contributed by atoms with van der Waals surface area (Å²) >= 11 is 0. The highest BCUT2D eigenvalue weighted by Crippen LogP contribution is 2.35. The summed E-state index contributed by atoms with van der Waals surface area (Å²) in [6, 6.07) is 21.3. The predicted octanol–water partition coefficient (Wildman–Crippen LogP) is 7.29. The number of ketones is 2. The molecule has 0 radical (unpaired) electrons. The van der Waals surface area contributed by atoms with Gasteiger partial charge in [-0.1, -0.05) is 70.3 Å². The molecular weight excluding hydrogens is 491 g/mol. The third-order valence-electron chi connectivity index (χ3n) is 6.98. The van der Waals surface area contributed by atoms with Crippen molar-refractivity contribution in [2.24, 2.45) is 0 Å². The van der Waals surface area contributed by atoms with Gasteiger partial charge in [-0.15, -0.1) is 0 Å². The number of benzene rings is 4. The third kappa shape index (κ3) is 5.05. The van der Waals surface area contributed by atoms with Gasteiger partial charge in [0.25, 0.3) is 0 Å². The van der Waals surface area contributed by atoms with E-state index in [-0.39, 0.29) is 28.3 Å². The standard InChI is InChI=1S/C33H30O4P/c1-19-12-14-26(21(3)16-19)31(34)28-18-29(32(35)27-15-13-20(2)17-22(27)4)24(6)30(23(28)5)33(36)38(37)25-10-8-7-9-11-25/h7-18H,1-6H3/q+1. The van der Waals surface area contributed by atoms with E-state index in [9.17, 15) is 18.9 Å². The predicted molar refractivity (Wildman–Crippen MR) is 153 cm³/mol. The van der Waals surface area contributed by atoms with Crippen LogP contribution in [0.3, 0.4) is 0 Å². The molecule has 0 heterocycles. The molecule has 0 aliphatic heterocycles. The number of carbonyl (C=O) groups is 3. The van der Waals surface area contributed by atoms with Crippen molar-refractivity contribution in [1.29, 1.82) is 0 Å². The first-order valence-corrected chi connectivity index (χ1v) is 13.7. The SMILES string of the molecule is Cc1ccc(C(=O)c2cc(C(=O)c3ccc(C)cc3C)c(C)c(C(=O)[P+](=O)c3ccccc3)c2C)c(C)c1. The van der Waals surface area contributed by atoms with E-state index in [1.54, 1.807) is 62.4 Å². The van der Waals surface area contributed by atoms with Crippen molar-refractivity contribution in [2.45, 2.75) is 41.5 Å². The van der Waals surface area contributed by atoms with Gasteiger partial charge in [-0.25, -0.2) is 4.79 Å². The molecule has 0 bridgehead atoms. The van der Waals surface area contributed by atoms with E-state index in [4.69, 9.17) is 0 Å². The van der Waals surface area contributed by atoms with Crippen LogP contribution in [0.25, 0.3) is 0 Å². The average molecular weight is 522 g/mol. The molecule has 190 valence electrons. The van der Waals surface area contributed by atoms with E-state index in [1.807, 2.05) is 52.0 Å². The molecule has 4 rings (SSSR count). The number of carbonyl (C=O) groups excluding carboxylic acids is 3. The van der Waals surface area contributed by atoms with Crippen molar-refractivity contribution in [1.82, 2.24) is 0 Å². The van der Waals surface area contributed by atoms with Crippen LogP contribution in [-0.4, -0.2) is 17.1 Å². The van der Waals surface area contributed by atoms with Crippen molar-refractivity contribution >= 4 is 30.2 Å². The molecule has 0 aliphatic rings. The van der Waals surface area contributed by atoms with E-state index in [0.717, 1.165) is 22.3 Å². The minimum atomic E-state index is -2.45. The van der Waals surface area contributed by atoms with Crippen LogP contribution >= 0.6 is 7.80 Å². The van der Waals surface area contributed by atoms with Crippen molar-refractivity contribution in [2.75, 3.05) is 0 Å². The van der Waals surface area contributed by atoms with E-state index in [1.165, 1.54) is 0 Å². The van der Waals surface area contributed by atoms with Crippen molar-refractivity contribution in [3.8, 4) is 0 Å². The smallest absolute Gasteiger partial charge is 0.289 e. The molecule has 4 aromatic carbocycles. The minimum absolute atomic E-state index is 0.165. The molecule has 0 spiro atoms. The molecule has 0 saturated carbocycles. The van der Waals surface area contributed by atoms with Gasteiger partial charge in [0, 0.05) is 22.3 Å². The van der Waals surface area contributed by atoms with Gasteiger partial charge >= 0.3 is 13.3 Å². The Kier molecular flexibility index (Phi) is 7.66. The van der Waals surface area contributed by atoms with E-state index in [0.29, 0.717) is 27.6 Å². The molecule has 0 amide bonds. The Morgan fingerprint density at radius 3 is 1.42 bits per heavy atom. The van der Waals surface area contributed by atoms with Crippen molar-refractivity contribution in [3.05, 3.63) is 134 Å². The molecule has 1 unspecified atom stereocenters. The Hall–Kier alpha value is -4.01. The molecule has 0 N–H and O–H groups in total. The van der Waals surface area contributed by atoms with Crippen molar-refractivity contribution < 1.29 is 18.9 Å². The zero-order valence-corrected chi connectivity index (χ0v) is 23.4. The quantitative estimate of drug-likeness (QED) is 0.189. The lowest BCUT2D eigenvalue weighted by Crippen LogP contribution is -2.17. The van der Waals surface area contributed by atoms with E-state index in [2.05, 4.69) is 0 Å². The second-order valence-corrected chi connectivity index (χ2v) is 11.3. The fourth-order valence-corrected chi connectivity index (χ4v) is 6.13. The Bertz CT molecular complexity index is 1540. The first-order valence-electron chi connectivity index (χ1n) is 12.5. The second-order valence-electron chi connectivity index (χ2n) is 9.83. The lowest BCUT2D eigenvalue weighted by molar-refractivity contribution is 0.103. The topological polar surface area (TPSA) is 68.3 Å². The Balaban J connectivity index is 1.96. The van der Waals surface area contributed by atoms with Crippen LogP contribution in [0, 0.1) is 41.5 Å². The van der Waals surface area contributed by atoms with Gasteiger partial charge in [-0.05, 0) is 82.0 Å². The first kappa shape index (κ1) is 27.0. The summed E-state index contributed by atoms with van der Waals surface area (Å²) in [5.41, 5.74) is 5.61. The fourth-order valence-electron chi connectivity index (χ4n) is 4.91. The summed E-state index contributed by atoms with van der Waals surface area (Å²) < 4.78 is 13.4. The van der Waals surface area contributed by atoms with Crippen LogP contribution < -0.4 is 5.30 Å². The van der Waals surface area contributed by atoms with Crippen LogP contribution in [0.5, 0.6) is 0 Å². The van der Waals surface area contributed by atoms with Gasteiger partial charge in [-0.2, -0.15) is 0 Å². The summed E-state index contributed by atoms with van der Waals surface area (Å²) in [4.78, 5) is 41.4. The highest BCUT2D eigenvalue weighted by molar-refractivity contribution is 7.71. The van der Waals surface area contributed by atoms with Crippen LogP contribution in [0.1, 0.15) is 75.6 Å². The fraction of sp³-hybridized carbons (Fsp3) is 0.182. The van der Waals surface area contributed by atoms with Crippen LogP contribution in [-0.2, 0) is 4.57 Å². The lowest BCUT2D eigenvalue weighted by atomic mass is 9.85. The van der Waals surface area contributed by atoms with Crippen LogP contribution in [0.2, 0.25) is 0 Å². The maximum absolute atomic E-state index is 13.9. The van der Waals surface area contributed by atoms with Gasteiger partial charge in [0.1, 0.15) is 0 Å². The summed E-state index contributed by atoms with van der Waals surface area (Å²) in [6.07, 6.45) is 0. The maximum Gasteiger partial charge on any atom is 0.458 e. The summed E-state index contributed by atoms with van der Waals surface area (Å²) in [5.74, 6) is -0.558. The average Bonchev–Trinajstić information content (AvgIpc) is 2.88. The van der Waals surface area contributed by atoms with Gasteiger partial charge in [0.05, 0.1) is 5.56 Å². The minimum Gasteiger partial charge on any atom is -0.289 e. The van der Waals surface area contributed by atoms with Gasteiger partial charge in [-0.3, -0.25) is 9.59 Å². The molecule has 5 heteroatoms. The third-order valence-corrected chi connectivity index (χ3v) is 8.34. The Labute approximate surface area is 224 Å². The second kappa shape index (κ2) is 10.8. The molecule has 0 aliphatic carbocycles. The number of hydrogen-bond donors (Lipinski definition) is 0. The highest BCUT2D eigenvalue weighted by Gasteiger charge is 2.37. The maximum atomic E-state index is 13.9. The molecular formula is C33H30O4P+. The van der Waals surface area contributed by atoms with Gasteiger partial charge < -0.3 is 0 Å². The molecule has 4 aromatic rings. The molecule has 0 saturated heterocycles. The summed E-state index contributed by atoms with van der Waals surface area (Å²) in [7, 11) is -2.45. The van der Waals surface area contributed by atoms with Gasteiger partial charge in [0.15, 0.2) is 16.9 Å². The number of hydrogen-bond acceptors (Lipinski definition) is 4. The first-order chi connectivity index (χ1) is 18.0. The zero-order chi connectivity index (χ0) is 27.7. The molecule has 0 fully saturated rings. The van der Waals surface area contributed by atoms with Crippen molar-refractivity contribution in [3.63, 3.8) is 0 Å². The van der Waals surface area contributed by atoms with Gasteiger partial charge in [0.2, 0.25) is 0 Å². The normalized spacial score (nSPS) is 11.3. The number of aryl methyl sites for hydroxylation is 4. The largest absolute Gasteiger partial charge is 0.458 e.